The van der Waals surface area contributed by atoms with Crippen LogP contribution in [0, 0.1) is 0 Å². The minimum Gasteiger partial charge on any atom is -0.461 e. The molecule has 1 saturated carbocycles. The molecule has 2 rings (SSSR count). The molecule has 0 spiro atoms. The number of aromatic nitrogens is 1. The molecular formula is C14H21N3O3S. The van der Waals surface area contributed by atoms with E-state index in [1.807, 2.05) is 0 Å². The maximum atomic E-state index is 12.0. The van der Waals surface area contributed by atoms with Crippen molar-refractivity contribution in [1.82, 2.24) is 4.98 Å². The van der Waals surface area contributed by atoms with Crippen molar-refractivity contribution in [3.05, 3.63) is 11.1 Å². The topological polar surface area (TPSA) is 86.8 Å². The average Bonchev–Trinajstić information content (AvgIpc) is 2.74. The van der Waals surface area contributed by atoms with Crippen LogP contribution in [0.5, 0.6) is 0 Å². The van der Waals surface area contributed by atoms with Gasteiger partial charge in [0.15, 0.2) is 5.13 Å². The lowest BCUT2D eigenvalue weighted by atomic mass is 10.2. The number of carbonyl (C=O) groups is 1. The first-order valence-electron chi connectivity index (χ1n) is 7.33. The summed E-state index contributed by atoms with van der Waals surface area (Å²) in [7, 11) is 0. The van der Waals surface area contributed by atoms with Gasteiger partial charge >= 0.3 is 5.97 Å². The van der Waals surface area contributed by atoms with Gasteiger partial charge in [-0.25, -0.2) is 9.78 Å². The van der Waals surface area contributed by atoms with Gasteiger partial charge in [-0.2, -0.15) is 0 Å². The predicted molar refractivity (Wildman–Crippen MR) is 82.3 cm³/mol. The molecule has 0 atom stereocenters. The molecule has 2 N–H and O–H groups in total. The highest BCUT2D eigenvalue weighted by molar-refractivity contribution is 7.13. The maximum Gasteiger partial charge on any atom is 0.362 e. The molecule has 0 aliphatic heterocycles. The first kappa shape index (κ1) is 15.8. The normalized spacial score (nSPS) is 17.3. The van der Waals surface area contributed by atoms with E-state index in [-0.39, 0.29) is 18.4 Å². The van der Waals surface area contributed by atoms with Gasteiger partial charge in [0.05, 0.1) is 6.61 Å². The van der Waals surface area contributed by atoms with Crippen LogP contribution in [0.1, 0.15) is 51.1 Å². The SMILES string of the molecule is CCOC(=O)/C(=N/OC1CCCCCC1)c1csc(N)n1. The van der Waals surface area contributed by atoms with Crippen molar-refractivity contribution in [3.8, 4) is 0 Å². The van der Waals surface area contributed by atoms with E-state index in [1.54, 1.807) is 12.3 Å². The van der Waals surface area contributed by atoms with Crippen molar-refractivity contribution in [2.24, 2.45) is 5.16 Å². The van der Waals surface area contributed by atoms with Gasteiger partial charge in [-0.3, -0.25) is 0 Å². The number of hydrogen-bond acceptors (Lipinski definition) is 7. The standard InChI is InChI=1S/C14H21N3O3S/c1-2-19-13(18)12(11-9-21-14(15)16-11)17-20-10-7-5-3-4-6-8-10/h9-10H,2-8H2,1H3,(H2,15,16)/b17-12+. The molecule has 7 heteroatoms. The zero-order valence-electron chi connectivity index (χ0n) is 12.2. The van der Waals surface area contributed by atoms with E-state index in [9.17, 15) is 4.79 Å². The van der Waals surface area contributed by atoms with E-state index >= 15 is 0 Å². The number of hydrogen-bond donors (Lipinski definition) is 1. The van der Waals surface area contributed by atoms with Crippen molar-refractivity contribution in [2.45, 2.75) is 51.6 Å². The fourth-order valence-corrected chi connectivity index (χ4v) is 2.81. The summed E-state index contributed by atoms with van der Waals surface area (Å²) in [5, 5.41) is 6.09. The molecule has 0 aromatic carbocycles. The van der Waals surface area contributed by atoms with Gasteiger partial charge in [-0.05, 0) is 32.6 Å². The molecule has 1 aliphatic rings. The van der Waals surface area contributed by atoms with E-state index in [0.29, 0.717) is 10.8 Å². The van der Waals surface area contributed by atoms with E-state index in [4.69, 9.17) is 15.3 Å². The van der Waals surface area contributed by atoms with Gasteiger partial charge in [0, 0.05) is 5.38 Å². The minimum atomic E-state index is -0.531. The van der Waals surface area contributed by atoms with Crippen LogP contribution >= 0.6 is 11.3 Å². The zero-order chi connectivity index (χ0) is 15.1. The molecule has 1 aromatic heterocycles. The van der Waals surface area contributed by atoms with Crippen LogP contribution in [0.4, 0.5) is 5.13 Å². The van der Waals surface area contributed by atoms with Gasteiger partial charge < -0.3 is 15.3 Å². The summed E-state index contributed by atoms with van der Waals surface area (Å²) in [5.41, 5.74) is 6.11. The molecule has 116 valence electrons. The molecule has 1 fully saturated rings. The minimum absolute atomic E-state index is 0.0629. The van der Waals surface area contributed by atoms with Crippen molar-refractivity contribution < 1.29 is 14.4 Å². The van der Waals surface area contributed by atoms with Crippen LogP contribution in [0.25, 0.3) is 0 Å². The fourth-order valence-electron chi connectivity index (χ4n) is 2.26. The summed E-state index contributed by atoms with van der Waals surface area (Å²) in [6.07, 6.45) is 6.75. The Morgan fingerprint density at radius 2 is 2.14 bits per heavy atom. The number of rotatable bonds is 5. The maximum absolute atomic E-state index is 12.0. The van der Waals surface area contributed by atoms with Crippen LogP contribution in [0.15, 0.2) is 10.5 Å². The summed E-state index contributed by atoms with van der Waals surface area (Å²) >= 11 is 1.26. The van der Waals surface area contributed by atoms with Crippen LogP contribution in [-0.2, 0) is 14.4 Å². The summed E-state index contributed by atoms with van der Waals surface area (Å²) in [4.78, 5) is 21.6. The fraction of sp³-hybridized carbons (Fsp3) is 0.643. The number of carbonyl (C=O) groups excluding carboxylic acids is 1. The first-order chi connectivity index (χ1) is 10.2. The molecule has 1 aromatic rings. The van der Waals surface area contributed by atoms with Gasteiger partial charge in [0.25, 0.3) is 0 Å². The lowest BCUT2D eigenvalue weighted by Gasteiger charge is -2.12. The lowest BCUT2D eigenvalue weighted by Crippen LogP contribution is -2.21. The first-order valence-corrected chi connectivity index (χ1v) is 8.21. The number of ether oxygens (including phenoxy) is 1. The van der Waals surface area contributed by atoms with E-state index in [0.717, 1.165) is 25.7 Å². The second-order valence-corrected chi connectivity index (χ2v) is 5.84. The summed E-state index contributed by atoms with van der Waals surface area (Å²) in [5.74, 6) is -0.531. The number of thiazole rings is 1. The van der Waals surface area contributed by atoms with Crippen LogP contribution in [0.3, 0.4) is 0 Å². The van der Waals surface area contributed by atoms with Gasteiger partial charge in [-0.1, -0.05) is 18.0 Å². The quantitative estimate of drug-likeness (QED) is 0.391. The van der Waals surface area contributed by atoms with Crippen molar-refractivity contribution in [1.29, 1.82) is 0 Å². The number of anilines is 1. The number of esters is 1. The zero-order valence-corrected chi connectivity index (χ0v) is 13.0. The van der Waals surface area contributed by atoms with Crippen LogP contribution in [0.2, 0.25) is 0 Å². The van der Waals surface area contributed by atoms with Gasteiger partial charge in [0.2, 0.25) is 5.71 Å². The van der Waals surface area contributed by atoms with E-state index < -0.39 is 5.97 Å². The third-order valence-electron chi connectivity index (χ3n) is 3.33. The van der Waals surface area contributed by atoms with Gasteiger partial charge in [-0.15, -0.1) is 11.3 Å². The summed E-state index contributed by atoms with van der Waals surface area (Å²) in [6, 6.07) is 0. The van der Waals surface area contributed by atoms with Crippen molar-refractivity contribution in [3.63, 3.8) is 0 Å². The summed E-state index contributed by atoms with van der Waals surface area (Å²) < 4.78 is 5.01. The third-order valence-corrected chi connectivity index (χ3v) is 4.00. The molecule has 0 unspecified atom stereocenters. The Morgan fingerprint density at radius 1 is 1.43 bits per heavy atom. The number of nitrogens with zero attached hydrogens (tertiary/aromatic N) is 2. The number of nitrogen functional groups attached to an aromatic ring is 1. The Balaban J connectivity index is 2.10. The lowest BCUT2D eigenvalue weighted by molar-refractivity contribution is -0.135. The second-order valence-electron chi connectivity index (χ2n) is 4.95. The van der Waals surface area contributed by atoms with Crippen molar-refractivity contribution in [2.75, 3.05) is 12.3 Å². The molecule has 6 nitrogen and oxygen atoms in total. The van der Waals surface area contributed by atoms with Crippen LogP contribution < -0.4 is 5.73 Å². The highest BCUT2D eigenvalue weighted by Crippen LogP contribution is 2.20. The highest BCUT2D eigenvalue weighted by Gasteiger charge is 2.21. The summed E-state index contributed by atoms with van der Waals surface area (Å²) in [6.45, 7) is 2.03. The Hall–Kier alpha value is -1.63. The molecule has 0 radical (unpaired) electrons. The highest BCUT2D eigenvalue weighted by atomic mass is 32.1. The molecular weight excluding hydrogens is 290 g/mol. The monoisotopic (exact) mass is 311 g/mol. The van der Waals surface area contributed by atoms with E-state index in [2.05, 4.69) is 10.1 Å². The molecule has 0 amide bonds. The molecule has 0 bridgehead atoms. The van der Waals surface area contributed by atoms with Crippen molar-refractivity contribution >= 4 is 28.1 Å². The Morgan fingerprint density at radius 3 is 2.71 bits per heavy atom. The van der Waals surface area contributed by atoms with Gasteiger partial charge in [0.1, 0.15) is 11.8 Å². The second kappa shape index (κ2) is 7.97. The Labute approximate surface area is 128 Å². The largest absolute Gasteiger partial charge is 0.461 e. The average molecular weight is 311 g/mol. The predicted octanol–water partition coefficient (Wildman–Crippen LogP) is 2.73. The number of nitrogens with two attached hydrogens (primary N) is 1. The van der Waals surface area contributed by atoms with Crippen LogP contribution in [-0.4, -0.2) is 29.4 Å². The number of oxime groups is 1. The Kier molecular flexibility index (Phi) is 5.98. The smallest absolute Gasteiger partial charge is 0.362 e. The third kappa shape index (κ3) is 4.70. The molecule has 1 heterocycles. The van der Waals surface area contributed by atoms with E-state index in [1.165, 1.54) is 24.2 Å². The molecule has 21 heavy (non-hydrogen) atoms. The Bertz CT molecular complexity index is 493. The molecule has 0 saturated heterocycles. The molecule has 1 aliphatic carbocycles.